The van der Waals surface area contributed by atoms with Gasteiger partial charge in [-0.2, -0.15) is 11.8 Å². The average Bonchev–Trinajstić information content (AvgIpc) is 2.34. The van der Waals surface area contributed by atoms with Crippen LogP contribution < -0.4 is 5.32 Å². The molecule has 3 nitrogen and oxygen atoms in total. The van der Waals surface area contributed by atoms with Gasteiger partial charge in [0.15, 0.2) is 5.96 Å². The number of thioether (sulfide) groups is 1. The van der Waals surface area contributed by atoms with Crippen molar-refractivity contribution < 1.29 is 0 Å². The highest BCUT2D eigenvalue weighted by molar-refractivity contribution is 14.0. The van der Waals surface area contributed by atoms with Crippen molar-refractivity contribution in [3.05, 3.63) is 0 Å². The Kier molecular flexibility index (Phi) is 10.3. The van der Waals surface area contributed by atoms with Gasteiger partial charge in [0, 0.05) is 37.2 Å². The molecule has 0 saturated carbocycles. The number of guanidine groups is 1. The Morgan fingerprint density at radius 2 is 2.05 bits per heavy atom. The van der Waals surface area contributed by atoms with Crippen molar-refractivity contribution in [1.82, 2.24) is 10.2 Å². The number of halogens is 1. The van der Waals surface area contributed by atoms with Gasteiger partial charge < -0.3 is 10.2 Å². The predicted molar refractivity (Wildman–Crippen MR) is 98.9 cm³/mol. The van der Waals surface area contributed by atoms with E-state index in [0.717, 1.165) is 43.3 Å². The fourth-order valence-corrected chi connectivity index (χ4v) is 3.26. The van der Waals surface area contributed by atoms with Crippen LogP contribution in [0.1, 0.15) is 34.6 Å². The Bertz CT molecular complexity index is 269. The molecule has 1 aliphatic rings. The van der Waals surface area contributed by atoms with Gasteiger partial charge in [0.05, 0.1) is 0 Å². The second-order valence-corrected chi connectivity index (χ2v) is 7.03. The van der Waals surface area contributed by atoms with Gasteiger partial charge in [-0.05, 0) is 18.8 Å². The molecule has 0 aliphatic carbocycles. The molecule has 1 aliphatic heterocycles. The molecule has 0 aromatic carbocycles. The molecule has 1 atom stereocenters. The zero-order valence-electron chi connectivity index (χ0n) is 13.0. The van der Waals surface area contributed by atoms with Crippen molar-refractivity contribution >= 4 is 41.7 Å². The highest BCUT2D eigenvalue weighted by Crippen LogP contribution is 2.24. The lowest BCUT2D eigenvalue weighted by Crippen LogP contribution is -2.49. The fourth-order valence-electron chi connectivity index (χ4n) is 1.97. The highest BCUT2D eigenvalue weighted by atomic mass is 127. The molecular formula is C14H30IN3S. The summed E-state index contributed by atoms with van der Waals surface area (Å²) in [5.41, 5.74) is 0. The van der Waals surface area contributed by atoms with Gasteiger partial charge >= 0.3 is 0 Å². The molecule has 114 valence electrons. The Balaban J connectivity index is 0.00000324. The lowest BCUT2D eigenvalue weighted by Gasteiger charge is -2.36. The standard InChI is InChI=1S/C14H29N3S.HI/c1-6-15-14(16-9-11(2)3)17-7-8-18-13(10-17)12(4)5;/h11-13H,6-10H2,1-5H3,(H,15,16);1H. The summed E-state index contributed by atoms with van der Waals surface area (Å²) in [5, 5.41) is 4.17. The van der Waals surface area contributed by atoms with Crippen molar-refractivity contribution in [2.75, 3.05) is 31.9 Å². The zero-order valence-corrected chi connectivity index (χ0v) is 16.1. The molecular weight excluding hydrogens is 369 g/mol. The molecule has 1 unspecified atom stereocenters. The molecule has 0 amide bonds. The summed E-state index contributed by atoms with van der Waals surface area (Å²) >= 11 is 2.11. The average molecular weight is 399 g/mol. The summed E-state index contributed by atoms with van der Waals surface area (Å²) < 4.78 is 0. The van der Waals surface area contributed by atoms with E-state index in [1.54, 1.807) is 0 Å². The van der Waals surface area contributed by atoms with Crippen LogP contribution in [0.2, 0.25) is 0 Å². The van der Waals surface area contributed by atoms with Crippen LogP contribution in [0.25, 0.3) is 0 Å². The van der Waals surface area contributed by atoms with Crippen LogP contribution in [0, 0.1) is 11.8 Å². The Hall–Kier alpha value is 0.350. The lowest BCUT2D eigenvalue weighted by molar-refractivity contribution is 0.380. The Morgan fingerprint density at radius 1 is 1.37 bits per heavy atom. The van der Waals surface area contributed by atoms with E-state index in [1.807, 2.05) is 0 Å². The van der Waals surface area contributed by atoms with E-state index >= 15 is 0 Å². The predicted octanol–water partition coefficient (Wildman–Crippen LogP) is 3.30. The molecule has 0 radical (unpaired) electrons. The largest absolute Gasteiger partial charge is 0.357 e. The van der Waals surface area contributed by atoms with E-state index in [0.29, 0.717) is 5.92 Å². The summed E-state index contributed by atoms with van der Waals surface area (Å²) in [6.45, 7) is 15.3. The van der Waals surface area contributed by atoms with Gasteiger partial charge in [-0.15, -0.1) is 24.0 Å². The van der Waals surface area contributed by atoms with E-state index in [1.165, 1.54) is 5.75 Å². The van der Waals surface area contributed by atoms with Gasteiger partial charge in [0.25, 0.3) is 0 Å². The number of hydrogen-bond donors (Lipinski definition) is 1. The van der Waals surface area contributed by atoms with Crippen molar-refractivity contribution in [3.63, 3.8) is 0 Å². The maximum atomic E-state index is 4.75. The summed E-state index contributed by atoms with van der Waals surface area (Å²) in [6, 6.07) is 0. The summed E-state index contributed by atoms with van der Waals surface area (Å²) in [5.74, 6) is 3.69. The third-order valence-corrected chi connectivity index (χ3v) is 4.62. The molecule has 19 heavy (non-hydrogen) atoms. The minimum Gasteiger partial charge on any atom is -0.357 e. The van der Waals surface area contributed by atoms with Crippen molar-refractivity contribution in [3.8, 4) is 0 Å². The van der Waals surface area contributed by atoms with Crippen LogP contribution in [-0.2, 0) is 0 Å². The molecule has 0 spiro atoms. The van der Waals surface area contributed by atoms with Gasteiger partial charge in [-0.1, -0.05) is 27.7 Å². The number of nitrogens with zero attached hydrogens (tertiary/aromatic N) is 2. The van der Waals surface area contributed by atoms with Crippen LogP contribution in [0.15, 0.2) is 4.99 Å². The maximum absolute atomic E-state index is 4.75. The first-order valence-corrected chi connectivity index (χ1v) is 8.24. The van der Waals surface area contributed by atoms with Gasteiger partial charge in [-0.3, -0.25) is 4.99 Å². The molecule has 0 aromatic rings. The molecule has 1 saturated heterocycles. The van der Waals surface area contributed by atoms with E-state index < -0.39 is 0 Å². The SMILES string of the molecule is CCNC(=NCC(C)C)N1CCSC(C(C)C)C1.I. The summed E-state index contributed by atoms with van der Waals surface area (Å²) in [6.07, 6.45) is 0. The molecule has 1 N–H and O–H groups in total. The van der Waals surface area contributed by atoms with E-state index in [4.69, 9.17) is 4.99 Å². The quantitative estimate of drug-likeness (QED) is 0.447. The third-order valence-electron chi connectivity index (χ3n) is 3.08. The van der Waals surface area contributed by atoms with Crippen LogP contribution >= 0.6 is 35.7 Å². The first-order valence-electron chi connectivity index (χ1n) is 7.19. The second kappa shape index (κ2) is 10.1. The minimum atomic E-state index is 0. The number of hydrogen-bond acceptors (Lipinski definition) is 2. The van der Waals surface area contributed by atoms with Crippen LogP contribution in [0.4, 0.5) is 0 Å². The first kappa shape index (κ1) is 19.4. The van der Waals surface area contributed by atoms with Gasteiger partial charge in [-0.25, -0.2) is 0 Å². The Morgan fingerprint density at radius 3 is 2.58 bits per heavy atom. The molecule has 5 heteroatoms. The number of nitrogens with one attached hydrogen (secondary N) is 1. The van der Waals surface area contributed by atoms with E-state index in [9.17, 15) is 0 Å². The minimum absolute atomic E-state index is 0. The first-order chi connectivity index (χ1) is 8.54. The smallest absolute Gasteiger partial charge is 0.193 e. The van der Waals surface area contributed by atoms with Crippen molar-refractivity contribution in [2.24, 2.45) is 16.8 Å². The second-order valence-electron chi connectivity index (χ2n) is 5.69. The third kappa shape index (κ3) is 7.06. The van der Waals surface area contributed by atoms with Crippen molar-refractivity contribution in [2.45, 2.75) is 39.9 Å². The molecule has 1 fully saturated rings. The Labute approximate surface area is 140 Å². The highest BCUT2D eigenvalue weighted by Gasteiger charge is 2.24. The maximum Gasteiger partial charge on any atom is 0.193 e. The molecule has 1 heterocycles. The molecule has 0 bridgehead atoms. The van der Waals surface area contributed by atoms with Crippen LogP contribution in [0.5, 0.6) is 0 Å². The van der Waals surface area contributed by atoms with Crippen LogP contribution in [0.3, 0.4) is 0 Å². The fraction of sp³-hybridized carbons (Fsp3) is 0.929. The van der Waals surface area contributed by atoms with Gasteiger partial charge in [0.1, 0.15) is 0 Å². The number of aliphatic imine (C=N–C) groups is 1. The lowest BCUT2D eigenvalue weighted by atomic mass is 10.1. The van der Waals surface area contributed by atoms with E-state index in [-0.39, 0.29) is 24.0 Å². The van der Waals surface area contributed by atoms with Crippen LogP contribution in [-0.4, -0.2) is 48.0 Å². The summed E-state index contributed by atoms with van der Waals surface area (Å²) in [4.78, 5) is 7.19. The van der Waals surface area contributed by atoms with Crippen molar-refractivity contribution in [1.29, 1.82) is 0 Å². The summed E-state index contributed by atoms with van der Waals surface area (Å²) in [7, 11) is 0. The normalized spacial score (nSPS) is 20.7. The monoisotopic (exact) mass is 399 g/mol. The molecule has 0 aromatic heterocycles. The van der Waals surface area contributed by atoms with E-state index in [2.05, 4.69) is 56.6 Å². The number of rotatable bonds is 4. The van der Waals surface area contributed by atoms with Gasteiger partial charge in [0.2, 0.25) is 0 Å². The zero-order chi connectivity index (χ0) is 13.5. The topological polar surface area (TPSA) is 27.6 Å². The molecule has 1 rings (SSSR count).